The van der Waals surface area contributed by atoms with Gasteiger partial charge in [0.15, 0.2) is 6.34 Å². The first-order valence-electron chi connectivity index (χ1n) is 2.37. The Morgan fingerprint density at radius 2 is 2.88 bits per heavy atom. The van der Waals surface area contributed by atoms with Crippen LogP contribution in [0.4, 0.5) is 0 Å². The van der Waals surface area contributed by atoms with Crippen LogP contribution in [0.5, 0.6) is 0 Å². The van der Waals surface area contributed by atoms with Crippen molar-refractivity contribution in [3.8, 4) is 0 Å². The zero-order chi connectivity index (χ0) is 5.82. The second kappa shape index (κ2) is 2.77. The van der Waals surface area contributed by atoms with Crippen LogP contribution >= 0.6 is 11.9 Å². The Kier molecular flexibility index (Phi) is 1.97. The van der Waals surface area contributed by atoms with E-state index in [0.717, 1.165) is 12.4 Å². The van der Waals surface area contributed by atoms with Crippen LogP contribution in [-0.2, 0) is 0 Å². The van der Waals surface area contributed by atoms with Crippen molar-refractivity contribution in [2.75, 3.05) is 12.4 Å². The summed E-state index contributed by atoms with van der Waals surface area (Å²) in [5, 5.41) is 0. The third-order valence-electron chi connectivity index (χ3n) is 0.810. The molecule has 0 unspecified atom stereocenters. The molecule has 1 rings (SSSR count). The van der Waals surface area contributed by atoms with Crippen LogP contribution in [0.2, 0.25) is 0 Å². The van der Waals surface area contributed by atoms with Crippen molar-refractivity contribution < 1.29 is 0 Å². The molecule has 43 valence electrons. The van der Waals surface area contributed by atoms with Crippen molar-refractivity contribution in [1.82, 2.24) is 4.90 Å². The normalized spacial score (nSPS) is 17.2. The van der Waals surface area contributed by atoms with E-state index in [2.05, 4.69) is 17.3 Å². The molecule has 1 aliphatic heterocycles. The van der Waals surface area contributed by atoms with Gasteiger partial charge in [0.1, 0.15) is 0 Å². The molecular weight excluding hydrogens is 120 g/mol. The fraction of sp³-hybridized carbons (Fsp3) is 0.400. The van der Waals surface area contributed by atoms with Crippen molar-refractivity contribution in [3.05, 3.63) is 12.7 Å². The lowest BCUT2D eigenvalue weighted by Crippen LogP contribution is -2.16. The fourth-order valence-corrected chi connectivity index (χ4v) is 0.997. The molecule has 2 nitrogen and oxygen atoms in total. The van der Waals surface area contributed by atoms with Gasteiger partial charge in [0, 0.05) is 6.54 Å². The van der Waals surface area contributed by atoms with Crippen LogP contribution in [0, 0.1) is 0 Å². The molecule has 0 spiro atoms. The fourth-order valence-electron chi connectivity index (χ4n) is 0.463. The van der Waals surface area contributed by atoms with E-state index < -0.39 is 0 Å². The molecule has 0 fully saturated rings. The maximum atomic E-state index is 3.83. The SMILES string of the molecule is C=CCN1[C]=NSC1. The molecule has 8 heavy (non-hydrogen) atoms. The highest BCUT2D eigenvalue weighted by Gasteiger charge is 2.02. The minimum atomic E-state index is 0.858. The van der Waals surface area contributed by atoms with E-state index in [1.807, 2.05) is 11.0 Å². The Morgan fingerprint density at radius 3 is 3.38 bits per heavy atom. The van der Waals surface area contributed by atoms with Crippen molar-refractivity contribution in [2.24, 2.45) is 4.40 Å². The van der Waals surface area contributed by atoms with E-state index in [4.69, 9.17) is 0 Å². The number of hydrogen-bond acceptors (Lipinski definition) is 3. The highest BCUT2D eigenvalue weighted by molar-refractivity contribution is 7.98. The Hall–Kier alpha value is -0.440. The Balaban J connectivity index is 2.25. The van der Waals surface area contributed by atoms with Crippen molar-refractivity contribution in [3.63, 3.8) is 0 Å². The van der Waals surface area contributed by atoms with Gasteiger partial charge in [0.25, 0.3) is 0 Å². The van der Waals surface area contributed by atoms with Crippen LogP contribution in [0.15, 0.2) is 17.1 Å². The highest BCUT2D eigenvalue weighted by atomic mass is 32.2. The van der Waals surface area contributed by atoms with Crippen LogP contribution < -0.4 is 0 Å². The maximum absolute atomic E-state index is 3.83. The molecule has 1 heterocycles. The molecule has 0 saturated carbocycles. The predicted molar refractivity (Wildman–Crippen MR) is 36.8 cm³/mol. The third-order valence-corrected chi connectivity index (χ3v) is 1.45. The van der Waals surface area contributed by atoms with Gasteiger partial charge in [0.2, 0.25) is 0 Å². The second-order valence-corrected chi connectivity index (χ2v) is 2.16. The van der Waals surface area contributed by atoms with Gasteiger partial charge in [-0.25, -0.2) is 0 Å². The summed E-state index contributed by atoms with van der Waals surface area (Å²) in [6.45, 7) is 4.45. The third kappa shape index (κ3) is 1.26. The Labute approximate surface area is 53.4 Å². The average molecular weight is 127 g/mol. The van der Waals surface area contributed by atoms with Gasteiger partial charge in [-0.1, -0.05) is 6.08 Å². The average Bonchev–Trinajstić information content (AvgIpc) is 2.19. The van der Waals surface area contributed by atoms with Crippen LogP contribution in [0.1, 0.15) is 0 Å². The summed E-state index contributed by atoms with van der Waals surface area (Å²) in [7, 11) is 0. The second-order valence-electron chi connectivity index (χ2n) is 1.46. The molecule has 0 aliphatic carbocycles. The highest BCUT2D eigenvalue weighted by Crippen LogP contribution is 2.09. The summed E-state index contributed by atoms with van der Waals surface area (Å²) >= 11 is 1.51. The molecule has 0 atom stereocenters. The van der Waals surface area contributed by atoms with Gasteiger partial charge < -0.3 is 4.90 Å². The van der Waals surface area contributed by atoms with Gasteiger partial charge in [-0.05, 0) is 11.9 Å². The number of rotatable bonds is 2. The van der Waals surface area contributed by atoms with Crippen LogP contribution in [0.25, 0.3) is 0 Å². The molecule has 0 amide bonds. The topological polar surface area (TPSA) is 15.6 Å². The monoisotopic (exact) mass is 127 g/mol. The number of nitrogens with zero attached hydrogens (tertiary/aromatic N) is 2. The zero-order valence-corrected chi connectivity index (χ0v) is 5.32. The zero-order valence-electron chi connectivity index (χ0n) is 4.50. The van der Waals surface area contributed by atoms with Gasteiger partial charge in [-0.2, -0.15) is 4.40 Å². The van der Waals surface area contributed by atoms with Gasteiger partial charge in [-0.3, -0.25) is 0 Å². The molecule has 3 heteroatoms. The van der Waals surface area contributed by atoms with Crippen molar-refractivity contribution >= 4 is 18.3 Å². The summed E-state index contributed by atoms with van der Waals surface area (Å²) in [6.07, 6.45) is 4.65. The molecule has 0 saturated heterocycles. The maximum Gasteiger partial charge on any atom is 0.181 e. The van der Waals surface area contributed by atoms with Crippen LogP contribution in [0.3, 0.4) is 0 Å². The smallest absolute Gasteiger partial charge is 0.181 e. The molecule has 0 bridgehead atoms. The lowest BCUT2D eigenvalue weighted by atomic mass is 10.6. The molecular formula is C5H7N2S. The summed E-state index contributed by atoms with van der Waals surface area (Å²) in [4.78, 5) is 1.97. The van der Waals surface area contributed by atoms with E-state index in [0.29, 0.717) is 0 Å². The van der Waals surface area contributed by atoms with Crippen molar-refractivity contribution in [2.45, 2.75) is 0 Å². The van der Waals surface area contributed by atoms with Crippen molar-refractivity contribution in [1.29, 1.82) is 0 Å². The first kappa shape index (κ1) is 5.69. The Morgan fingerprint density at radius 1 is 2.00 bits per heavy atom. The minimum Gasteiger partial charge on any atom is -0.338 e. The lowest BCUT2D eigenvalue weighted by molar-refractivity contribution is 0.571. The standard InChI is InChI=1S/C5H7N2S/c1-2-3-7-4-6-8-5-7/h2H,1,3,5H2. The van der Waals surface area contributed by atoms with Gasteiger partial charge >= 0.3 is 0 Å². The van der Waals surface area contributed by atoms with Gasteiger partial charge in [0.05, 0.1) is 5.88 Å². The quantitative estimate of drug-likeness (QED) is 0.406. The van der Waals surface area contributed by atoms with E-state index in [1.165, 1.54) is 11.9 Å². The summed E-state index contributed by atoms with van der Waals surface area (Å²) in [6, 6.07) is 0. The molecule has 1 radical (unpaired) electrons. The largest absolute Gasteiger partial charge is 0.338 e. The lowest BCUT2D eigenvalue weighted by Gasteiger charge is -2.05. The van der Waals surface area contributed by atoms with E-state index in [-0.39, 0.29) is 0 Å². The molecule has 0 aromatic heterocycles. The molecule has 1 aliphatic rings. The minimum absolute atomic E-state index is 0.858. The Bertz CT molecular complexity index is 111. The van der Waals surface area contributed by atoms with E-state index >= 15 is 0 Å². The summed E-state index contributed by atoms with van der Waals surface area (Å²) in [5.74, 6) is 0.923. The first-order valence-corrected chi connectivity index (χ1v) is 3.31. The molecule has 0 aromatic carbocycles. The summed E-state index contributed by atoms with van der Waals surface area (Å²) in [5.41, 5.74) is 0. The number of hydrogen-bond donors (Lipinski definition) is 0. The van der Waals surface area contributed by atoms with Crippen LogP contribution in [-0.4, -0.2) is 23.7 Å². The van der Waals surface area contributed by atoms with E-state index in [1.54, 1.807) is 0 Å². The molecule has 0 aromatic rings. The summed E-state index contributed by atoms with van der Waals surface area (Å²) < 4.78 is 3.83. The van der Waals surface area contributed by atoms with Gasteiger partial charge in [-0.15, -0.1) is 6.58 Å². The predicted octanol–water partition coefficient (Wildman–Crippen LogP) is 0.999. The van der Waals surface area contributed by atoms with E-state index in [9.17, 15) is 0 Å². The first-order chi connectivity index (χ1) is 3.93. The molecule has 0 N–H and O–H groups in total.